The number of carbonyl (C=O) groups excluding carboxylic acids is 1. The number of hydrogen-bond donors (Lipinski definition) is 1. The van der Waals surface area contributed by atoms with Crippen LogP contribution in [0.2, 0.25) is 0 Å². The van der Waals surface area contributed by atoms with E-state index in [1.807, 2.05) is 31.2 Å². The van der Waals surface area contributed by atoms with Crippen LogP contribution in [0.15, 0.2) is 39.6 Å². The molecule has 1 amide bonds. The zero-order valence-corrected chi connectivity index (χ0v) is 11.6. The minimum atomic E-state index is -0.140. The van der Waals surface area contributed by atoms with E-state index in [1.165, 1.54) is 11.3 Å². The smallest absolute Gasteiger partial charge is 0.271 e. The maximum absolute atomic E-state index is 11.8. The van der Waals surface area contributed by atoms with E-state index >= 15 is 0 Å². The van der Waals surface area contributed by atoms with Crippen LogP contribution in [0.3, 0.4) is 0 Å². The summed E-state index contributed by atoms with van der Waals surface area (Å²) in [6.45, 7) is 1.95. The largest absolute Gasteiger partial charge is 0.344 e. The van der Waals surface area contributed by atoms with Gasteiger partial charge in [0, 0.05) is 9.85 Å². The molecule has 1 heterocycles. The first-order chi connectivity index (χ1) is 8.16. The maximum Gasteiger partial charge on any atom is 0.271 e. The van der Waals surface area contributed by atoms with Crippen molar-refractivity contribution < 1.29 is 4.79 Å². The van der Waals surface area contributed by atoms with Gasteiger partial charge in [-0.05, 0) is 24.6 Å². The van der Waals surface area contributed by atoms with Crippen LogP contribution in [-0.2, 0) is 0 Å². The lowest BCUT2D eigenvalue weighted by atomic mass is 10.1. The van der Waals surface area contributed by atoms with Crippen molar-refractivity contribution in [2.45, 2.75) is 13.0 Å². The summed E-state index contributed by atoms with van der Waals surface area (Å²) in [7, 11) is 0. The molecule has 0 spiro atoms. The Morgan fingerprint density at radius 2 is 2.35 bits per heavy atom. The molecule has 88 valence electrons. The molecule has 0 radical (unpaired) electrons. The second kappa shape index (κ2) is 5.42. The number of nitrogens with zero attached hydrogens (tertiary/aromatic N) is 1. The Balaban J connectivity index is 2.07. The lowest BCUT2D eigenvalue weighted by Gasteiger charge is -2.13. The van der Waals surface area contributed by atoms with Crippen molar-refractivity contribution in [1.29, 1.82) is 0 Å². The molecule has 0 aliphatic heterocycles. The Morgan fingerprint density at radius 3 is 3.00 bits per heavy atom. The first-order valence-electron chi connectivity index (χ1n) is 5.11. The van der Waals surface area contributed by atoms with Crippen molar-refractivity contribution in [3.05, 3.63) is 50.9 Å². The molecule has 0 bridgehead atoms. The lowest BCUT2D eigenvalue weighted by molar-refractivity contribution is 0.0935. The van der Waals surface area contributed by atoms with E-state index in [4.69, 9.17) is 0 Å². The van der Waals surface area contributed by atoms with Gasteiger partial charge in [-0.1, -0.05) is 28.1 Å². The fourth-order valence-corrected chi connectivity index (χ4v) is 2.40. The van der Waals surface area contributed by atoms with Gasteiger partial charge in [-0.25, -0.2) is 4.98 Å². The molecule has 0 saturated heterocycles. The van der Waals surface area contributed by atoms with Gasteiger partial charge < -0.3 is 5.32 Å². The van der Waals surface area contributed by atoms with E-state index in [9.17, 15) is 4.79 Å². The maximum atomic E-state index is 11.8. The van der Waals surface area contributed by atoms with Crippen molar-refractivity contribution in [3.8, 4) is 0 Å². The summed E-state index contributed by atoms with van der Waals surface area (Å²) in [5.74, 6) is -0.140. The molecule has 1 atom stereocenters. The summed E-state index contributed by atoms with van der Waals surface area (Å²) >= 11 is 4.83. The lowest BCUT2D eigenvalue weighted by Crippen LogP contribution is -2.26. The van der Waals surface area contributed by atoms with E-state index in [-0.39, 0.29) is 11.9 Å². The molecule has 2 rings (SSSR count). The number of carbonyl (C=O) groups is 1. The number of thiazole rings is 1. The van der Waals surface area contributed by atoms with Crippen LogP contribution in [0, 0.1) is 0 Å². The van der Waals surface area contributed by atoms with Crippen LogP contribution < -0.4 is 5.32 Å². The predicted molar refractivity (Wildman–Crippen MR) is 72.1 cm³/mol. The third kappa shape index (κ3) is 3.14. The number of hydrogen-bond acceptors (Lipinski definition) is 3. The number of halogens is 1. The minimum Gasteiger partial charge on any atom is -0.344 e. The molecule has 0 saturated carbocycles. The van der Waals surface area contributed by atoms with Crippen LogP contribution in [0.25, 0.3) is 0 Å². The fourth-order valence-electron chi connectivity index (χ4n) is 1.45. The third-order valence-corrected chi connectivity index (χ3v) is 3.44. The van der Waals surface area contributed by atoms with Crippen LogP contribution in [0.5, 0.6) is 0 Å². The number of aromatic nitrogens is 1. The highest BCUT2D eigenvalue weighted by Crippen LogP contribution is 2.18. The average molecular weight is 311 g/mol. The third-order valence-electron chi connectivity index (χ3n) is 2.36. The second-order valence-corrected chi connectivity index (χ2v) is 5.26. The molecular formula is C12H11BrN2OS. The molecule has 1 aromatic carbocycles. The fraction of sp³-hybridized carbons (Fsp3) is 0.167. The normalized spacial score (nSPS) is 12.1. The Morgan fingerprint density at radius 1 is 1.53 bits per heavy atom. The zero-order valence-electron chi connectivity index (χ0n) is 9.18. The number of amides is 1. The van der Waals surface area contributed by atoms with Gasteiger partial charge >= 0.3 is 0 Å². The molecule has 0 aliphatic carbocycles. The topological polar surface area (TPSA) is 42.0 Å². The van der Waals surface area contributed by atoms with Gasteiger partial charge in [0.05, 0.1) is 11.6 Å². The van der Waals surface area contributed by atoms with Crippen molar-refractivity contribution in [3.63, 3.8) is 0 Å². The molecule has 5 heteroatoms. The van der Waals surface area contributed by atoms with Crippen molar-refractivity contribution >= 4 is 33.2 Å². The number of rotatable bonds is 3. The Labute approximate surface area is 112 Å². The van der Waals surface area contributed by atoms with Gasteiger partial charge in [0.1, 0.15) is 5.69 Å². The van der Waals surface area contributed by atoms with Crippen molar-refractivity contribution in [2.24, 2.45) is 0 Å². The monoisotopic (exact) mass is 310 g/mol. The molecule has 1 N–H and O–H groups in total. The van der Waals surface area contributed by atoms with Crippen LogP contribution in [-0.4, -0.2) is 10.9 Å². The molecular weight excluding hydrogens is 300 g/mol. The highest BCUT2D eigenvalue weighted by atomic mass is 79.9. The van der Waals surface area contributed by atoms with Gasteiger partial charge in [0.15, 0.2) is 0 Å². The average Bonchev–Trinajstić information content (AvgIpc) is 2.82. The first-order valence-corrected chi connectivity index (χ1v) is 6.85. The Kier molecular flexibility index (Phi) is 3.91. The van der Waals surface area contributed by atoms with Gasteiger partial charge in [0.2, 0.25) is 0 Å². The summed E-state index contributed by atoms with van der Waals surface area (Å²) < 4.78 is 1.00. The zero-order chi connectivity index (χ0) is 12.3. The molecule has 1 unspecified atom stereocenters. The van der Waals surface area contributed by atoms with Crippen molar-refractivity contribution in [1.82, 2.24) is 10.3 Å². The van der Waals surface area contributed by atoms with Gasteiger partial charge in [-0.2, -0.15) is 0 Å². The van der Waals surface area contributed by atoms with E-state index in [2.05, 4.69) is 26.2 Å². The SMILES string of the molecule is CC(NC(=O)c1cscn1)c1cccc(Br)c1. The summed E-state index contributed by atoms with van der Waals surface area (Å²) in [4.78, 5) is 15.8. The summed E-state index contributed by atoms with van der Waals surface area (Å²) in [5, 5.41) is 4.65. The molecule has 1 aromatic heterocycles. The molecule has 0 aliphatic rings. The van der Waals surface area contributed by atoms with E-state index < -0.39 is 0 Å². The first kappa shape index (κ1) is 12.3. The summed E-state index contributed by atoms with van der Waals surface area (Å²) in [5.41, 5.74) is 3.18. The molecule has 2 aromatic rings. The van der Waals surface area contributed by atoms with Crippen LogP contribution >= 0.6 is 27.3 Å². The quantitative estimate of drug-likeness (QED) is 0.944. The van der Waals surface area contributed by atoms with E-state index in [0.717, 1.165) is 10.0 Å². The Bertz CT molecular complexity index is 513. The minimum absolute atomic E-state index is 0.0401. The van der Waals surface area contributed by atoms with Gasteiger partial charge in [-0.3, -0.25) is 4.79 Å². The van der Waals surface area contributed by atoms with E-state index in [1.54, 1.807) is 10.9 Å². The second-order valence-electron chi connectivity index (χ2n) is 3.62. The number of nitrogens with one attached hydrogen (secondary N) is 1. The standard InChI is InChI=1S/C12H11BrN2OS/c1-8(9-3-2-4-10(13)5-9)15-12(16)11-6-17-7-14-11/h2-8H,1H3,(H,15,16). The summed E-state index contributed by atoms with van der Waals surface area (Å²) in [6, 6.07) is 7.84. The van der Waals surface area contributed by atoms with Gasteiger partial charge in [0.25, 0.3) is 5.91 Å². The molecule has 0 fully saturated rings. The number of benzene rings is 1. The van der Waals surface area contributed by atoms with E-state index in [0.29, 0.717) is 5.69 Å². The van der Waals surface area contributed by atoms with Crippen LogP contribution in [0.1, 0.15) is 29.0 Å². The highest BCUT2D eigenvalue weighted by Gasteiger charge is 2.12. The van der Waals surface area contributed by atoms with Gasteiger partial charge in [-0.15, -0.1) is 11.3 Å². The predicted octanol–water partition coefficient (Wildman–Crippen LogP) is 3.40. The molecule has 3 nitrogen and oxygen atoms in total. The highest BCUT2D eigenvalue weighted by molar-refractivity contribution is 9.10. The Hall–Kier alpha value is -1.20. The molecule has 17 heavy (non-hydrogen) atoms. The van der Waals surface area contributed by atoms with Crippen molar-refractivity contribution in [2.75, 3.05) is 0 Å². The van der Waals surface area contributed by atoms with Crippen LogP contribution in [0.4, 0.5) is 0 Å². The summed E-state index contributed by atoms with van der Waals surface area (Å²) in [6.07, 6.45) is 0.